The van der Waals surface area contributed by atoms with E-state index in [0.717, 1.165) is 30.2 Å². The summed E-state index contributed by atoms with van der Waals surface area (Å²) in [5.41, 5.74) is 1.27. The molecule has 1 aromatic heterocycles. The highest BCUT2D eigenvalue weighted by molar-refractivity contribution is 7.99. The van der Waals surface area contributed by atoms with Crippen molar-refractivity contribution < 1.29 is 14.3 Å². The average Bonchev–Trinajstić information content (AvgIpc) is 3.09. The van der Waals surface area contributed by atoms with Crippen LogP contribution in [0.25, 0.3) is 0 Å². The van der Waals surface area contributed by atoms with Crippen molar-refractivity contribution in [1.82, 2.24) is 20.1 Å². The number of aryl methyl sites for hydroxylation is 2. The van der Waals surface area contributed by atoms with E-state index < -0.39 is 0 Å². The normalized spacial score (nSPS) is 10.9. The summed E-state index contributed by atoms with van der Waals surface area (Å²) in [5.74, 6) is 1.22. The van der Waals surface area contributed by atoms with Crippen LogP contribution in [0.15, 0.2) is 35.5 Å². The molecule has 0 aliphatic rings. The number of benzene rings is 1. The molecule has 27 heavy (non-hydrogen) atoms. The Bertz CT molecular complexity index is 679. The topological polar surface area (TPSA) is 78.3 Å². The third kappa shape index (κ3) is 7.70. The molecule has 0 radical (unpaired) electrons. The van der Waals surface area contributed by atoms with Crippen molar-refractivity contribution in [2.24, 2.45) is 0 Å². The summed E-state index contributed by atoms with van der Waals surface area (Å²) in [6.45, 7) is 2.51. The van der Waals surface area contributed by atoms with Gasteiger partial charge in [-0.05, 0) is 18.4 Å². The number of nitrogens with one attached hydrogen (secondary N) is 1. The van der Waals surface area contributed by atoms with E-state index in [1.54, 1.807) is 14.2 Å². The Kier molecular flexibility index (Phi) is 9.89. The fraction of sp³-hybridized carbons (Fsp3) is 0.526. The molecule has 2 rings (SSSR count). The first kappa shape index (κ1) is 21.4. The zero-order valence-corrected chi connectivity index (χ0v) is 16.8. The van der Waals surface area contributed by atoms with Crippen LogP contribution in [0.4, 0.5) is 0 Å². The Morgan fingerprint density at radius 1 is 1.11 bits per heavy atom. The van der Waals surface area contributed by atoms with Crippen molar-refractivity contribution in [3.05, 3.63) is 41.7 Å². The minimum atomic E-state index is -0.0109. The van der Waals surface area contributed by atoms with Crippen molar-refractivity contribution in [2.45, 2.75) is 31.0 Å². The monoisotopic (exact) mass is 392 g/mol. The molecule has 0 atom stereocenters. The second-order valence-electron chi connectivity index (χ2n) is 6.01. The highest BCUT2D eigenvalue weighted by Gasteiger charge is 2.14. The van der Waals surface area contributed by atoms with Gasteiger partial charge in [-0.2, -0.15) is 0 Å². The molecule has 0 aliphatic carbocycles. The number of carbonyl (C=O) groups is 1. The standard InChI is InChI=1S/C19H28N4O3S/c1-25-13-6-11-20-18(24)15-27-19-22-21-17(23(19)12-14-26-2)10-9-16-7-4-3-5-8-16/h3-5,7-8H,6,9-15H2,1-2H3,(H,20,24). The van der Waals surface area contributed by atoms with E-state index in [9.17, 15) is 4.79 Å². The zero-order chi connectivity index (χ0) is 19.3. The lowest BCUT2D eigenvalue weighted by molar-refractivity contribution is -0.118. The van der Waals surface area contributed by atoms with Crippen molar-refractivity contribution in [2.75, 3.05) is 39.7 Å². The van der Waals surface area contributed by atoms with Gasteiger partial charge in [0.15, 0.2) is 5.16 Å². The molecule has 0 saturated carbocycles. The second-order valence-corrected chi connectivity index (χ2v) is 6.96. The molecule has 148 valence electrons. The Morgan fingerprint density at radius 3 is 2.63 bits per heavy atom. The van der Waals surface area contributed by atoms with E-state index in [1.165, 1.54) is 17.3 Å². The number of amides is 1. The summed E-state index contributed by atoms with van der Waals surface area (Å²) >= 11 is 1.40. The molecule has 2 aromatic rings. The number of aromatic nitrogens is 3. The lowest BCUT2D eigenvalue weighted by Gasteiger charge is -2.10. The van der Waals surface area contributed by atoms with Crippen LogP contribution in [-0.2, 0) is 33.7 Å². The van der Waals surface area contributed by atoms with Gasteiger partial charge in [0.25, 0.3) is 0 Å². The van der Waals surface area contributed by atoms with Crippen LogP contribution in [-0.4, -0.2) is 60.4 Å². The summed E-state index contributed by atoms with van der Waals surface area (Å²) in [5, 5.41) is 12.3. The van der Waals surface area contributed by atoms with Crippen molar-refractivity contribution >= 4 is 17.7 Å². The molecular weight excluding hydrogens is 364 g/mol. The molecule has 0 bridgehead atoms. The molecule has 8 heteroatoms. The summed E-state index contributed by atoms with van der Waals surface area (Å²) in [6.07, 6.45) is 2.50. The molecule has 1 amide bonds. The van der Waals surface area contributed by atoms with Crippen molar-refractivity contribution in [3.8, 4) is 0 Å². The van der Waals surface area contributed by atoms with E-state index in [4.69, 9.17) is 9.47 Å². The first-order valence-electron chi connectivity index (χ1n) is 9.08. The van der Waals surface area contributed by atoms with Gasteiger partial charge in [0.05, 0.1) is 12.4 Å². The van der Waals surface area contributed by atoms with Crippen molar-refractivity contribution in [3.63, 3.8) is 0 Å². The fourth-order valence-electron chi connectivity index (χ4n) is 2.54. The lowest BCUT2D eigenvalue weighted by Crippen LogP contribution is -2.27. The van der Waals surface area contributed by atoms with Crippen LogP contribution in [0.5, 0.6) is 0 Å². The highest BCUT2D eigenvalue weighted by atomic mass is 32.2. The Morgan fingerprint density at radius 2 is 1.89 bits per heavy atom. The first-order chi connectivity index (χ1) is 13.2. The molecule has 0 unspecified atom stereocenters. The lowest BCUT2D eigenvalue weighted by atomic mass is 10.1. The van der Waals surface area contributed by atoms with Gasteiger partial charge >= 0.3 is 0 Å². The summed E-state index contributed by atoms with van der Waals surface area (Å²) in [6, 6.07) is 10.3. The van der Waals surface area contributed by atoms with E-state index in [2.05, 4.69) is 32.2 Å². The van der Waals surface area contributed by atoms with Gasteiger partial charge in [0.1, 0.15) is 5.82 Å². The third-order valence-electron chi connectivity index (χ3n) is 3.97. The Labute approximate surface area is 164 Å². The molecule has 0 fully saturated rings. The maximum atomic E-state index is 12.0. The predicted molar refractivity (Wildman–Crippen MR) is 106 cm³/mol. The SMILES string of the molecule is COCCCNC(=O)CSc1nnc(CCc2ccccc2)n1CCOC. The number of ether oxygens (including phenoxy) is 2. The molecule has 0 aliphatic heterocycles. The molecular formula is C19H28N4O3S. The summed E-state index contributed by atoms with van der Waals surface area (Å²) in [7, 11) is 3.33. The largest absolute Gasteiger partial charge is 0.385 e. The minimum absolute atomic E-state index is 0.0109. The molecule has 7 nitrogen and oxygen atoms in total. The predicted octanol–water partition coefficient (Wildman–Crippen LogP) is 1.95. The molecule has 0 spiro atoms. The number of hydrogen-bond acceptors (Lipinski definition) is 6. The Balaban J connectivity index is 1.90. The van der Waals surface area contributed by atoms with E-state index in [0.29, 0.717) is 32.1 Å². The molecule has 0 saturated heterocycles. The van der Waals surface area contributed by atoms with E-state index in [1.807, 2.05) is 18.2 Å². The summed E-state index contributed by atoms with van der Waals surface area (Å²) < 4.78 is 12.2. The van der Waals surface area contributed by atoms with Gasteiger partial charge in [0.2, 0.25) is 5.91 Å². The maximum Gasteiger partial charge on any atom is 0.230 e. The van der Waals surface area contributed by atoms with Crippen LogP contribution in [0.1, 0.15) is 17.8 Å². The van der Waals surface area contributed by atoms with Crippen LogP contribution >= 0.6 is 11.8 Å². The van der Waals surface area contributed by atoms with Gasteiger partial charge in [-0.25, -0.2) is 0 Å². The van der Waals surface area contributed by atoms with Gasteiger partial charge in [-0.15, -0.1) is 10.2 Å². The number of hydrogen-bond donors (Lipinski definition) is 1. The average molecular weight is 393 g/mol. The quantitative estimate of drug-likeness (QED) is 0.415. The third-order valence-corrected chi connectivity index (χ3v) is 4.94. The number of rotatable bonds is 13. The smallest absolute Gasteiger partial charge is 0.230 e. The highest BCUT2D eigenvalue weighted by Crippen LogP contribution is 2.18. The fourth-order valence-corrected chi connectivity index (χ4v) is 3.36. The number of nitrogens with zero attached hydrogens (tertiary/aromatic N) is 3. The summed E-state index contributed by atoms with van der Waals surface area (Å²) in [4.78, 5) is 12.0. The first-order valence-corrected chi connectivity index (χ1v) is 10.1. The Hall–Kier alpha value is -1.90. The maximum absolute atomic E-state index is 12.0. The molecule has 1 N–H and O–H groups in total. The molecule has 1 heterocycles. The van der Waals surface area contributed by atoms with E-state index in [-0.39, 0.29) is 5.91 Å². The van der Waals surface area contributed by atoms with Crippen LogP contribution in [0, 0.1) is 0 Å². The van der Waals surface area contributed by atoms with Gasteiger partial charge in [0, 0.05) is 40.3 Å². The van der Waals surface area contributed by atoms with Crippen LogP contribution in [0.3, 0.4) is 0 Å². The number of thioether (sulfide) groups is 1. The van der Waals surface area contributed by atoms with Crippen molar-refractivity contribution in [1.29, 1.82) is 0 Å². The number of methoxy groups -OCH3 is 2. The zero-order valence-electron chi connectivity index (χ0n) is 16.0. The van der Waals surface area contributed by atoms with Crippen LogP contribution in [0.2, 0.25) is 0 Å². The second kappa shape index (κ2) is 12.5. The minimum Gasteiger partial charge on any atom is -0.385 e. The van der Waals surface area contributed by atoms with Gasteiger partial charge < -0.3 is 19.4 Å². The van der Waals surface area contributed by atoms with Crippen LogP contribution < -0.4 is 5.32 Å². The van der Waals surface area contributed by atoms with Gasteiger partial charge in [-0.1, -0.05) is 42.1 Å². The number of carbonyl (C=O) groups excluding carboxylic acids is 1. The van der Waals surface area contributed by atoms with Gasteiger partial charge in [-0.3, -0.25) is 4.79 Å². The molecule has 1 aromatic carbocycles. The van der Waals surface area contributed by atoms with E-state index >= 15 is 0 Å².